The van der Waals surface area contributed by atoms with E-state index >= 15 is 0 Å². The normalized spacial score (nSPS) is 32.7. The number of ether oxygens (including phenoxy) is 1. The first-order valence-corrected chi connectivity index (χ1v) is 12.9. The van der Waals surface area contributed by atoms with Crippen LogP contribution in [-0.2, 0) is 9.16 Å². The van der Waals surface area contributed by atoms with E-state index in [1.165, 1.54) is 19.3 Å². The summed E-state index contributed by atoms with van der Waals surface area (Å²) in [5.41, 5.74) is 1.60. The minimum atomic E-state index is -1.70. The predicted octanol–water partition coefficient (Wildman–Crippen LogP) is 4.97. The van der Waals surface area contributed by atoms with Crippen LogP contribution in [0.25, 0.3) is 0 Å². The van der Waals surface area contributed by atoms with E-state index in [1.807, 2.05) is 0 Å². The molecule has 0 bridgehead atoms. The average Bonchev–Trinajstić information content (AvgIpc) is 3.38. The highest BCUT2D eigenvalue weighted by molar-refractivity contribution is 6.74. The van der Waals surface area contributed by atoms with Crippen molar-refractivity contribution in [2.45, 2.75) is 76.7 Å². The molecule has 0 amide bonds. The van der Waals surface area contributed by atoms with Gasteiger partial charge in [0.15, 0.2) is 8.32 Å². The quantitative estimate of drug-likeness (QED) is 0.596. The van der Waals surface area contributed by atoms with Gasteiger partial charge in [-0.05, 0) is 82.1 Å². The standard InChI is InChI=1S/C21H37NO2Si/c1-9-23-16-12-18(21(14-16,22(5)6)15-10-11-15)17-13-19(17)24-25(7,8)20(2,3)4/h12,14-15,17,19H,9-11,13H2,1-8H3/t17-,19+,21?/m1/s1. The van der Waals surface area contributed by atoms with Crippen molar-refractivity contribution in [1.82, 2.24) is 4.90 Å². The van der Waals surface area contributed by atoms with Crippen molar-refractivity contribution in [2.75, 3.05) is 20.7 Å². The van der Waals surface area contributed by atoms with Crippen molar-refractivity contribution >= 4 is 8.32 Å². The van der Waals surface area contributed by atoms with Crippen molar-refractivity contribution in [2.24, 2.45) is 11.8 Å². The third-order valence-corrected chi connectivity index (χ3v) is 11.3. The Bertz CT molecular complexity index is 579. The molecule has 0 saturated heterocycles. The molecule has 4 heteroatoms. The molecule has 3 nitrogen and oxygen atoms in total. The number of hydrogen-bond donors (Lipinski definition) is 0. The topological polar surface area (TPSA) is 21.7 Å². The Morgan fingerprint density at radius 2 is 1.88 bits per heavy atom. The summed E-state index contributed by atoms with van der Waals surface area (Å²) >= 11 is 0. The minimum Gasteiger partial charge on any atom is -0.494 e. The first-order valence-electron chi connectivity index (χ1n) is 9.96. The molecule has 0 aromatic rings. The molecular weight excluding hydrogens is 326 g/mol. The Morgan fingerprint density at radius 3 is 2.36 bits per heavy atom. The molecule has 2 saturated carbocycles. The molecular formula is C21H37NO2Si. The molecule has 2 fully saturated rings. The number of likely N-dealkylation sites (N-methyl/N-ethyl adjacent to an activating group) is 1. The van der Waals surface area contributed by atoms with Crippen molar-refractivity contribution < 1.29 is 9.16 Å². The molecule has 0 aromatic carbocycles. The van der Waals surface area contributed by atoms with Gasteiger partial charge in [0.05, 0.1) is 18.2 Å². The minimum absolute atomic E-state index is 0.0563. The van der Waals surface area contributed by atoms with E-state index in [-0.39, 0.29) is 10.6 Å². The van der Waals surface area contributed by atoms with E-state index in [1.54, 1.807) is 5.57 Å². The van der Waals surface area contributed by atoms with Gasteiger partial charge in [0.1, 0.15) is 5.76 Å². The lowest BCUT2D eigenvalue weighted by Gasteiger charge is -2.39. The van der Waals surface area contributed by atoms with Crippen LogP contribution < -0.4 is 0 Å². The molecule has 0 aromatic heterocycles. The van der Waals surface area contributed by atoms with Crippen LogP contribution in [0, 0.1) is 11.8 Å². The van der Waals surface area contributed by atoms with Gasteiger partial charge < -0.3 is 9.16 Å². The largest absolute Gasteiger partial charge is 0.494 e. The summed E-state index contributed by atoms with van der Waals surface area (Å²) < 4.78 is 12.6. The van der Waals surface area contributed by atoms with Crippen molar-refractivity contribution in [3.63, 3.8) is 0 Å². The second-order valence-corrected chi connectivity index (χ2v) is 14.6. The summed E-state index contributed by atoms with van der Waals surface area (Å²) in [6, 6.07) is 0. The molecule has 0 N–H and O–H groups in total. The SMILES string of the molecule is CCOC1=CC(C2CC2)(N(C)C)C([C@H]2C[C@@H]2O[Si](C)(C)C(C)(C)C)=C1. The predicted molar refractivity (Wildman–Crippen MR) is 107 cm³/mol. The average molecular weight is 364 g/mol. The molecule has 3 aliphatic carbocycles. The Balaban J connectivity index is 1.81. The van der Waals surface area contributed by atoms with E-state index < -0.39 is 8.32 Å². The van der Waals surface area contributed by atoms with Crippen LogP contribution in [0.1, 0.15) is 47.0 Å². The van der Waals surface area contributed by atoms with Crippen LogP contribution in [0.2, 0.25) is 18.1 Å². The summed E-state index contributed by atoms with van der Waals surface area (Å²) in [6.45, 7) is 14.5. The Labute approximate surface area is 155 Å². The number of nitrogens with zero attached hydrogens (tertiary/aromatic N) is 1. The Morgan fingerprint density at radius 1 is 1.24 bits per heavy atom. The first-order chi connectivity index (χ1) is 11.5. The van der Waals surface area contributed by atoms with Crippen LogP contribution in [-0.4, -0.2) is 45.6 Å². The highest BCUT2D eigenvalue weighted by Gasteiger charge is 2.58. The third-order valence-electron chi connectivity index (χ3n) is 6.76. The van der Waals surface area contributed by atoms with Crippen molar-refractivity contribution in [1.29, 1.82) is 0 Å². The van der Waals surface area contributed by atoms with Gasteiger partial charge in [-0.15, -0.1) is 0 Å². The fraction of sp³-hybridized carbons (Fsp3) is 0.810. The van der Waals surface area contributed by atoms with Gasteiger partial charge >= 0.3 is 0 Å². The lowest BCUT2D eigenvalue weighted by Crippen LogP contribution is -2.46. The number of hydrogen-bond acceptors (Lipinski definition) is 3. The summed E-state index contributed by atoms with van der Waals surface area (Å²) in [4.78, 5) is 2.42. The molecule has 0 spiro atoms. The van der Waals surface area contributed by atoms with Crippen LogP contribution in [0.15, 0.2) is 23.5 Å². The van der Waals surface area contributed by atoms with Crippen molar-refractivity contribution in [3.8, 4) is 0 Å². The lowest BCUT2D eigenvalue weighted by atomic mass is 9.83. The van der Waals surface area contributed by atoms with Gasteiger partial charge in [-0.25, -0.2) is 0 Å². The van der Waals surface area contributed by atoms with E-state index in [9.17, 15) is 0 Å². The summed E-state index contributed by atoms with van der Waals surface area (Å²) in [7, 11) is 2.75. The van der Waals surface area contributed by atoms with Crippen LogP contribution in [0.4, 0.5) is 0 Å². The fourth-order valence-electron chi connectivity index (χ4n) is 4.08. The van der Waals surface area contributed by atoms with E-state index in [0.717, 1.165) is 18.3 Å². The van der Waals surface area contributed by atoms with Gasteiger partial charge in [0.25, 0.3) is 0 Å². The molecule has 3 aliphatic rings. The molecule has 3 atom stereocenters. The molecule has 0 aliphatic heterocycles. The molecule has 0 heterocycles. The van der Waals surface area contributed by atoms with E-state index in [0.29, 0.717) is 12.0 Å². The van der Waals surface area contributed by atoms with Crippen LogP contribution >= 0.6 is 0 Å². The maximum absolute atomic E-state index is 6.72. The van der Waals surface area contributed by atoms with Crippen LogP contribution in [0.5, 0.6) is 0 Å². The maximum atomic E-state index is 6.72. The zero-order chi connectivity index (χ0) is 18.6. The zero-order valence-corrected chi connectivity index (χ0v) is 18.5. The third kappa shape index (κ3) is 3.37. The fourth-order valence-corrected chi connectivity index (χ4v) is 5.45. The molecule has 25 heavy (non-hydrogen) atoms. The smallest absolute Gasteiger partial charge is 0.192 e. The highest BCUT2D eigenvalue weighted by atomic mass is 28.4. The summed E-state index contributed by atoms with van der Waals surface area (Å²) in [5, 5.41) is 0.272. The highest BCUT2D eigenvalue weighted by Crippen LogP contribution is 2.58. The number of rotatable bonds is 7. The first kappa shape index (κ1) is 19.2. The molecule has 142 valence electrons. The zero-order valence-electron chi connectivity index (χ0n) is 17.5. The van der Waals surface area contributed by atoms with Crippen molar-refractivity contribution in [3.05, 3.63) is 23.5 Å². The molecule has 3 rings (SSSR count). The van der Waals surface area contributed by atoms with Gasteiger partial charge in [-0.1, -0.05) is 20.8 Å². The van der Waals surface area contributed by atoms with Crippen LogP contribution in [0.3, 0.4) is 0 Å². The van der Waals surface area contributed by atoms with Gasteiger partial charge in [-0.3, -0.25) is 4.90 Å². The van der Waals surface area contributed by atoms with Gasteiger partial charge in [0, 0.05) is 5.92 Å². The monoisotopic (exact) mass is 363 g/mol. The number of allylic oxidation sites excluding steroid dienone is 1. The second kappa shape index (κ2) is 6.24. The summed E-state index contributed by atoms with van der Waals surface area (Å²) in [6.07, 6.45) is 8.96. The molecule has 1 unspecified atom stereocenters. The lowest BCUT2D eigenvalue weighted by molar-refractivity contribution is 0.196. The Kier molecular flexibility index (Phi) is 4.79. The van der Waals surface area contributed by atoms with E-state index in [4.69, 9.17) is 9.16 Å². The van der Waals surface area contributed by atoms with Gasteiger partial charge in [-0.2, -0.15) is 0 Å². The maximum Gasteiger partial charge on any atom is 0.192 e. The van der Waals surface area contributed by atoms with E-state index in [2.05, 4.69) is 71.9 Å². The Hall–Kier alpha value is -0.583. The second-order valence-electron chi connectivity index (χ2n) is 9.83. The molecule has 0 radical (unpaired) electrons. The van der Waals surface area contributed by atoms with Gasteiger partial charge in [0.2, 0.25) is 0 Å². The summed E-state index contributed by atoms with van der Waals surface area (Å²) in [5.74, 6) is 2.36.